The summed E-state index contributed by atoms with van der Waals surface area (Å²) in [5.74, 6) is 0.776. The summed E-state index contributed by atoms with van der Waals surface area (Å²) in [5, 5.41) is 0. The van der Waals surface area contributed by atoms with Crippen LogP contribution in [-0.2, 0) is 21.4 Å². The second-order valence-corrected chi connectivity index (χ2v) is 8.21. The predicted molar refractivity (Wildman–Crippen MR) is 105 cm³/mol. The van der Waals surface area contributed by atoms with Gasteiger partial charge in [-0.15, -0.1) is 0 Å². The summed E-state index contributed by atoms with van der Waals surface area (Å²) in [6.07, 6.45) is 4.99. The van der Waals surface area contributed by atoms with Gasteiger partial charge in [0, 0.05) is 36.2 Å². The molecule has 2 fully saturated rings. The zero-order valence-electron chi connectivity index (χ0n) is 15.9. The van der Waals surface area contributed by atoms with E-state index in [9.17, 15) is 9.59 Å². The quantitative estimate of drug-likeness (QED) is 0.870. The Morgan fingerprint density at radius 1 is 1.18 bits per heavy atom. The Hall–Kier alpha value is -2.47. The van der Waals surface area contributed by atoms with Crippen molar-refractivity contribution in [3.63, 3.8) is 0 Å². The van der Waals surface area contributed by atoms with Gasteiger partial charge >= 0.3 is 0 Å². The number of nitrogens with one attached hydrogen (secondary N) is 1. The number of aromatic nitrogens is 2. The number of amides is 1. The molecule has 2 aromatic rings. The van der Waals surface area contributed by atoms with Gasteiger partial charge in [-0.05, 0) is 38.5 Å². The van der Waals surface area contributed by atoms with Crippen LogP contribution >= 0.6 is 0 Å². The van der Waals surface area contributed by atoms with Crippen LogP contribution in [0.15, 0.2) is 35.1 Å². The van der Waals surface area contributed by atoms with E-state index in [2.05, 4.69) is 4.98 Å². The fourth-order valence-corrected chi connectivity index (χ4v) is 5.00. The molecule has 1 atom stereocenters. The van der Waals surface area contributed by atoms with Gasteiger partial charge < -0.3 is 14.6 Å². The molecule has 146 valence electrons. The number of carbonyl (C=O) groups is 1. The molecular formula is C22H25N3O3. The fraction of sp³-hybridized carbons (Fsp3) is 0.500. The Morgan fingerprint density at radius 2 is 1.96 bits per heavy atom. The first-order valence-corrected chi connectivity index (χ1v) is 10.3. The lowest BCUT2D eigenvalue weighted by atomic mass is 9.76. The zero-order valence-corrected chi connectivity index (χ0v) is 15.9. The van der Waals surface area contributed by atoms with Gasteiger partial charge in [0.05, 0.1) is 5.69 Å². The van der Waals surface area contributed by atoms with Crippen molar-refractivity contribution in [1.82, 2.24) is 14.9 Å². The summed E-state index contributed by atoms with van der Waals surface area (Å²) in [4.78, 5) is 35.2. The van der Waals surface area contributed by atoms with Crippen molar-refractivity contribution in [3.05, 3.63) is 51.9 Å². The molecule has 1 aromatic heterocycles. The van der Waals surface area contributed by atoms with Gasteiger partial charge in [-0.1, -0.05) is 30.3 Å². The molecule has 1 aromatic carbocycles. The third-order valence-corrected chi connectivity index (χ3v) is 6.66. The Morgan fingerprint density at radius 3 is 2.68 bits per heavy atom. The number of nitrogens with zero attached hydrogens (tertiary/aromatic N) is 2. The Balaban J connectivity index is 1.41. The standard InChI is InChI=1S/C22H25N3O3/c26-20-16-8-9-22(18(16)23-19(24-20)15-5-2-1-3-6-15)10-12-25(13-11-22)21(27)17-7-4-14-28-17/h1-3,5-6,17H,4,7-14H2,(H,23,24,26). The summed E-state index contributed by atoms with van der Waals surface area (Å²) in [6.45, 7) is 2.12. The van der Waals surface area contributed by atoms with Crippen LogP contribution in [0.4, 0.5) is 0 Å². The Kier molecular flexibility index (Phi) is 4.31. The van der Waals surface area contributed by atoms with Gasteiger partial charge in [-0.2, -0.15) is 0 Å². The van der Waals surface area contributed by atoms with Crippen LogP contribution in [0.25, 0.3) is 11.4 Å². The smallest absolute Gasteiger partial charge is 0.254 e. The van der Waals surface area contributed by atoms with Crippen molar-refractivity contribution in [2.45, 2.75) is 50.0 Å². The monoisotopic (exact) mass is 379 g/mol. The molecule has 1 aliphatic carbocycles. The van der Waals surface area contributed by atoms with Crippen molar-refractivity contribution < 1.29 is 9.53 Å². The van der Waals surface area contributed by atoms with E-state index in [1.165, 1.54) is 0 Å². The molecule has 3 aliphatic rings. The van der Waals surface area contributed by atoms with E-state index >= 15 is 0 Å². The van der Waals surface area contributed by atoms with Crippen molar-refractivity contribution >= 4 is 5.91 Å². The fourth-order valence-electron chi connectivity index (χ4n) is 5.00. The molecule has 2 saturated heterocycles. The number of fused-ring (bicyclic) bond motifs is 2. The second kappa shape index (κ2) is 6.85. The van der Waals surface area contributed by atoms with Crippen LogP contribution in [-0.4, -0.2) is 46.6 Å². The second-order valence-electron chi connectivity index (χ2n) is 8.21. The summed E-state index contributed by atoms with van der Waals surface area (Å²) < 4.78 is 5.57. The molecule has 1 N–H and O–H groups in total. The van der Waals surface area contributed by atoms with E-state index in [-0.39, 0.29) is 23.0 Å². The van der Waals surface area contributed by atoms with Crippen LogP contribution in [0.2, 0.25) is 0 Å². The number of hydrogen-bond acceptors (Lipinski definition) is 4. The summed E-state index contributed by atoms with van der Waals surface area (Å²) in [6, 6.07) is 9.79. The van der Waals surface area contributed by atoms with E-state index in [4.69, 9.17) is 9.72 Å². The van der Waals surface area contributed by atoms with Crippen molar-refractivity contribution in [3.8, 4) is 11.4 Å². The molecule has 1 spiro atoms. The molecule has 6 heteroatoms. The van der Waals surface area contributed by atoms with Crippen molar-refractivity contribution in [2.75, 3.05) is 19.7 Å². The maximum atomic E-state index is 12.7. The zero-order chi connectivity index (χ0) is 19.1. The van der Waals surface area contributed by atoms with E-state index in [1.54, 1.807) is 0 Å². The SMILES string of the molecule is O=C(C1CCCO1)N1CCC2(CCc3c2nc(-c2ccccc2)[nH]c3=O)CC1. The Labute approximate surface area is 163 Å². The molecule has 0 bridgehead atoms. The predicted octanol–water partition coefficient (Wildman–Crippen LogP) is 2.42. The highest BCUT2D eigenvalue weighted by Gasteiger charge is 2.45. The number of rotatable bonds is 2. The van der Waals surface area contributed by atoms with Gasteiger partial charge in [0.1, 0.15) is 11.9 Å². The minimum atomic E-state index is -0.254. The molecule has 1 amide bonds. The molecule has 3 heterocycles. The number of piperidine rings is 1. The number of hydrogen-bond donors (Lipinski definition) is 1. The highest BCUT2D eigenvalue weighted by Crippen LogP contribution is 2.44. The minimum Gasteiger partial charge on any atom is -0.368 e. The molecule has 5 rings (SSSR count). The van der Waals surface area contributed by atoms with E-state index in [1.807, 2.05) is 35.2 Å². The number of carbonyl (C=O) groups excluding carboxylic acids is 1. The van der Waals surface area contributed by atoms with E-state index in [0.29, 0.717) is 25.5 Å². The van der Waals surface area contributed by atoms with Crippen LogP contribution in [0.1, 0.15) is 43.4 Å². The van der Waals surface area contributed by atoms with Gasteiger partial charge in [0.2, 0.25) is 0 Å². The molecular weight excluding hydrogens is 354 g/mol. The third kappa shape index (κ3) is 2.87. The third-order valence-electron chi connectivity index (χ3n) is 6.66. The largest absolute Gasteiger partial charge is 0.368 e. The molecule has 2 aliphatic heterocycles. The lowest BCUT2D eigenvalue weighted by Gasteiger charge is -2.40. The average molecular weight is 379 g/mol. The van der Waals surface area contributed by atoms with Crippen LogP contribution in [0, 0.1) is 0 Å². The first-order valence-electron chi connectivity index (χ1n) is 10.3. The van der Waals surface area contributed by atoms with E-state index < -0.39 is 0 Å². The normalized spacial score (nSPS) is 23.1. The number of likely N-dealkylation sites (tertiary alicyclic amines) is 1. The highest BCUT2D eigenvalue weighted by molar-refractivity contribution is 5.81. The maximum Gasteiger partial charge on any atom is 0.254 e. The molecule has 1 unspecified atom stereocenters. The van der Waals surface area contributed by atoms with E-state index in [0.717, 1.165) is 55.3 Å². The van der Waals surface area contributed by atoms with Gasteiger partial charge in [0.15, 0.2) is 0 Å². The first-order chi connectivity index (χ1) is 13.7. The Bertz CT molecular complexity index is 939. The summed E-state index contributed by atoms with van der Waals surface area (Å²) in [5.41, 5.74) is 2.62. The van der Waals surface area contributed by atoms with Gasteiger partial charge in [-0.25, -0.2) is 4.98 Å². The van der Waals surface area contributed by atoms with Gasteiger partial charge in [0.25, 0.3) is 11.5 Å². The van der Waals surface area contributed by atoms with Gasteiger partial charge in [-0.3, -0.25) is 9.59 Å². The maximum absolute atomic E-state index is 12.7. The van der Waals surface area contributed by atoms with Crippen molar-refractivity contribution in [1.29, 1.82) is 0 Å². The average Bonchev–Trinajstić information content (AvgIpc) is 3.38. The minimum absolute atomic E-state index is 0.0152. The number of benzene rings is 1. The van der Waals surface area contributed by atoms with Crippen LogP contribution in [0.3, 0.4) is 0 Å². The first kappa shape index (κ1) is 17.6. The molecule has 0 saturated carbocycles. The molecule has 28 heavy (non-hydrogen) atoms. The summed E-state index contributed by atoms with van der Waals surface area (Å²) in [7, 11) is 0. The van der Waals surface area contributed by atoms with Crippen LogP contribution < -0.4 is 5.56 Å². The molecule has 0 radical (unpaired) electrons. The number of aromatic amines is 1. The van der Waals surface area contributed by atoms with Crippen LogP contribution in [0.5, 0.6) is 0 Å². The lowest BCUT2D eigenvalue weighted by molar-refractivity contribution is -0.142. The van der Waals surface area contributed by atoms with Crippen molar-refractivity contribution in [2.24, 2.45) is 0 Å². The number of H-pyrrole nitrogens is 1. The molecule has 6 nitrogen and oxygen atoms in total. The topological polar surface area (TPSA) is 75.3 Å². The lowest BCUT2D eigenvalue weighted by Crippen LogP contribution is -2.48. The summed E-state index contributed by atoms with van der Waals surface area (Å²) >= 11 is 0. The number of ether oxygens (including phenoxy) is 1. The highest BCUT2D eigenvalue weighted by atomic mass is 16.5.